The fourth-order valence-electron chi connectivity index (χ4n) is 5.05. The maximum Gasteiger partial charge on any atom is 0.257 e. The Balaban J connectivity index is 1.52. The van der Waals surface area contributed by atoms with Crippen molar-refractivity contribution in [3.8, 4) is 0 Å². The van der Waals surface area contributed by atoms with Crippen LogP contribution in [0.3, 0.4) is 0 Å². The number of nitrogens with zero attached hydrogens (tertiary/aromatic N) is 3. The zero-order valence-corrected chi connectivity index (χ0v) is 16.7. The van der Waals surface area contributed by atoms with E-state index in [1.165, 1.54) is 0 Å². The van der Waals surface area contributed by atoms with Crippen molar-refractivity contribution in [3.05, 3.63) is 18.0 Å². The summed E-state index contributed by atoms with van der Waals surface area (Å²) in [5.74, 6) is 0.586. The van der Waals surface area contributed by atoms with Crippen LogP contribution in [0.5, 0.6) is 0 Å². The van der Waals surface area contributed by atoms with E-state index in [0.29, 0.717) is 24.6 Å². The van der Waals surface area contributed by atoms with E-state index in [0.717, 1.165) is 58.4 Å². The Hall–Kier alpha value is -1.93. The fourth-order valence-corrected chi connectivity index (χ4v) is 5.05. The molecule has 0 spiro atoms. The molecule has 3 aliphatic heterocycles. The lowest BCUT2D eigenvalue weighted by atomic mass is 9.67. The van der Waals surface area contributed by atoms with Gasteiger partial charge in [-0.1, -0.05) is 0 Å². The minimum absolute atomic E-state index is 0.0321. The average Bonchev–Trinajstić information content (AvgIpc) is 3.26. The molecule has 0 unspecified atom stereocenters. The maximum atomic E-state index is 13.4. The van der Waals surface area contributed by atoms with Crippen molar-refractivity contribution >= 4 is 11.8 Å². The standard InChI is InChI=1S/C20H31N5O3/c1-24-8-6-20(19(27)21-11-15-3-9-28-10-4-15)5-2-7-25(17(20)14-24)18(26)16-12-22-23-13-16/h12-13,15,17H,2-11,14H2,1H3,(H,21,27)(H,22,23)/t17-,20+/m0/s1. The van der Waals surface area contributed by atoms with E-state index < -0.39 is 5.41 Å². The van der Waals surface area contributed by atoms with Crippen LogP contribution in [0.4, 0.5) is 0 Å². The number of likely N-dealkylation sites (tertiary alicyclic amines) is 2. The number of rotatable bonds is 4. The number of fused-ring (bicyclic) bond motifs is 1. The summed E-state index contributed by atoms with van der Waals surface area (Å²) in [4.78, 5) is 30.7. The highest BCUT2D eigenvalue weighted by atomic mass is 16.5. The molecule has 4 heterocycles. The molecule has 0 aliphatic carbocycles. The molecule has 154 valence electrons. The molecule has 8 heteroatoms. The third kappa shape index (κ3) is 3.67. The van der Waals surface area contributed by atoms with Gasteiger partial charge in [0.2, 0.25) is 5.91 Å². The SMILES string of the molecule is CN1CC[C@]2(C(=O)NCC3CCOCC3)CCCN(C(=O)c3cn[nH]c3)[C@H]2C1. The van der Waals surface area contributed by atoms with Crippen LogP contribution >= 0.6 is 0 Å². The van der Waals surface area contributed by atoms with E-state index in [2.05, 4.69) is 27.5 Å². The van der Waals surface area contributed by atoms with Gasteiger partial charge in [0.15, 0.2) is 0 Å². The molecule has 1 aromatic heterocycles. The highest BCUT2D eigenvalue weighted by Crippen LogP contribution is 2.43. The van der Waals surface area contributed by atoms with Crippen molar-refractivity contribution in [2.24, 2.45) is 11.3 Å². The summed E-state index contributed by atoms with van der Waals surface area (Å²) >= 11 is 0. The van der Waals surface area contributed by atoms with Crippen molar-refractivity contribution in [1.29, 1.82) is 0 Å². The average molecular weight is 390 g/mol. The monoisotopic (exact) mass is 389 g/mol. The van der Waals surface area contributed by atoms with Crippen LogP contribution in [-0.2, 0) is 9.53 Å². The number of aromatic amines is 1. The normalized spacial score (nSPS) is 29.3. The van der Waals surface area contributed by atoms with Crippen LogP contribution in [0.1, 0.15) is 42.5 Å². The summed E-state index contributed by atoms with van der Waals surface area (Å²) in [6.07, 6.45) is 7.71. The smallest absolute Gasteiger partial charge is 0.257 e. The number of hydrogen-bond acceptors (Lipinski definition) is 5. The lowest BCUT2D eigenvalue weighted by molar-refractivity contribution is -0.142. The van der Waals surface area contributed by atoms with E-state index in [1.807, 2.05) is 4.90 Å². The van der Waals surface area contributed by atoms with Crippen molar-refractivity contribution in [1.82, 2.24) is 25.3 Å². The summed E-state index contributed by atoms with van der Waals surface area (Å²) in [6, 6.07) is -0.0999. The molecule has 3 fully saturated rings. The van der Waals surface area contributed by atoms with Crippen LogP contribution in [0.2, 0.25) is 0 Å². The Morgan fingerprint density at radius 3 is 2.89 bits per heavy atom. The topological polar surface area (TPSA) is 90.6 Å². The molecule has 4 rings (SSSR count). The van der Waals surface area contributed by atoms with E-state index in [4.69, 9.17) is 4.74 Å². The molecule has 2 amide bonds. The Morgan fingerprint density at radius 2 is 2.14 bits per heavy atom. The number of piperidine rings is 2. The molecule has 28 heavy (non-hydrogen) atoms. The van der Waals surface area contributed by atoms with Crippen molar-refractivity contribution in [3.63, 3.8) is 0 Å². The molecule has 0 bridgehead atoms. The van der Waals surface area contributed by atoms with Crippen molar-refractivity contribution in [2.45, 2.75) is 38.1 Å². The number of carbonyl (C=O) groups excluding carboxylic acids is 2. The highest BCUT2D eigenvalue weighted by molar-refractivity contribution is 5.95. The predicted octanol–water partition coefficient (Wildman–Crippen LogP) is 0.879. The van der Waals surface area contributed by atoms with Gasteiger partial charge in [0.25, 0.3) is 5.91 Å². The minimum atomic E-state index is -0.491. The quantitative estimate of drug-likeness (QED) is 0.798. The van der Waals surface area contributed by atoms with Crippen molar-refractivity contribution in [2.75, 3.05) is 46.4 Å². The van der Waals surface area contributed by atoms with Crippen LogP contribution in [0, 0.1) is 11.3 Å². The number of aromatic nitrogens is 2. The lowest BCUT2D eigenvalue weighted by Gasteiger charge is -2.53. The van der Waals surface area contributed by atoms with Gasteiger partial charge in [-0.2, -0.15) is 5.10 Å². The molecule has 2 N–H and O–H groups in total. The van der Waals surface area contributed by atoms with Gasteiger partial charge in [-0.25, -0.2) is 0 Å². The van der Waals surface area contributed by atoms with Crippen LogP contribution in [0.15, 0.2) is 12.4 Å². The molecule has 3 aliphatic rings. The second kappa shape index (κ2) is 8.21. The van der Waals surface area contributed by atoms with Gasteiger partial charge >= 0.3 is 0 Å². The van der Waals surface area contributed by atoms with Crippen LogP contribution < -0.4 is 5.32 Å². The highest BCUT2D eigenvalue weighted by Gasteiger charge is 2.53. The number of carbonyl (C=O) groups is 2. The molecule has 1 aromatic rings. The van der Waals surface area contributed by atoms with Gasteiger partial charge in [0.05, 0.1) is 23.2 Å². The Bertz CT molecular complexity index is 688. The minimum Gasteiger partial charge on any atom is -0.381 e. The molecule has 0 aromatic carbocycles. The zero-order chi connectivity index (χ0) is 19.6. The van der Waals surface area contributed by atoms with Gasteiger partial charge in [-0.3, -0.25) is 14.7 Å². The molecule has 0 saturated carbocycles. The summed E-state index contributed by atoms with van der Waals surface area (Å²) < 4.78 is 5.42. The summed E-state index contributed by atoms with van der Waals surface area (Å²) in [5, 5.41) is 9.89. The molecular weight excluding hydrogens is 358 g/mol. The first kappa shape index (κ1) is 19.4. The molecule has 0 radical (unpaired) electrons. The predicted molar refractivity (Wildman–Crippen MR) is 104 cm³/mol. The van der Waals surface area contributed by atoms with Gasteiger partial charge in [-0.15, -0.1) is 0 Å². The van der Waals surface area contributed by atoms with E-state index in [1.54, 1.807) is 12.4 Å². The summed E-state index contributed by atoms with van der Waals surface area (Å²) in [6.45, 7) is 4.58. The molecule has 8 nitrogen and oxygen atoms in total. The second-order valence-electron chi connectivity index (χ2n) is 8.54. The number of likely N-dealkylation sites (N-methyl/N-ethyl adjacent to an activating group) is 1. The van der Waals surface area contributed by atoms with Crippen LogP contribution in [0.25, 0.3) is 0 Å². The molecule has 3 saturated heterocycles. The van der Waals surface area contributed by atoms with Crippen LogP contribution in [-0.4, -0.2) is 84.3 Å². The first-order valence-corrected chi connectivity index (χ1v) is 10.4. The molecule has 2 atom stereocenters. The summed E-state index contributed by atoms with van der Waals surface area (Å²) in [5.41, 5.74) is 0.0710. The number of nitrogens with one attached hydrogen (secondary N) is 2. The number of amides is 2. The van der Waals surface area contributed by atoms with Gasteiger partial charge < -0.3 is 19.9 Å². The first-order valence-electron chi connectivity index (χ1n) is 10.4. The largest absolute Gasteiger partial charge is 0.381 e. The third-order valence-corrected chi connectivity index (χ3v) is 6.81. The summed E-state index contributed by atoms with van der Waals surface area (Å²) in [7, 11) is 2.07. The molecular formula is C20H31N5O3. The Labute approximate surface area is 166 Å². The van der Waals surface area contributed by atoms with Gasteiger partial charge in [0, 0.05) is 39.0 Å². The lowest BCUT2D eigenvalue weighted by Crippen LogP contribution is -2.66. The maximum absolute atomic E-state index is 13.4. The van der Waals surface area contributed by atoms with Gasteiger partial charge in [0.1, 0.15) is 0 Å². The van der Waals surface area contributed by atoms with E-state index in [-0.39, 0.29) is 17.9 Å². The van der Waals surface area contributed by atoms with E-state index >= 15 is 0 Å². The Kier molecular flexibility index (Phi) is 5.68. The Morgan fingerprint density at radius 1 is 1.32 bits per heavy atom. The number of H-pyrrole nitrogens is 1. The zero-order valence-electron chi connectivity index (χ0n) is 16.7. The van der Waals surface area contributed by atoms with Gasteiger partial charge in [-0.05, 0) is 51.6 Å². The van der Waals surface area contributed by atoms with Crippen molar-refractivity contribution < 1.29 is 14.3 Å². The number of ether oxygens (including phenoxy) is 1. The fraction of sp³-hybridized carbons (Fsp3) is 0.750. The number of hydrogen-bond donors (Lipinski definition) is 2. The first-order chi connectivity index (χ1) is 13.6. The van der Waals surface area contributed by atoms with E-state index in [9.17, 15) is 9.59 Å². The third-order valence-electron chi connectivity index (χ3n) is 6.81. The second-order valence-corrected chi connectivity index (χ2v) is 8.54.